The second-order valence-electron chi connectivity index (χ2n) is 8.56. The smallest absolute Gasteiger partial charge is 0.253 e. The summed E-state index contributed by atoms with van der Waals surface area (Å²) in [6, 6.07) is 19.2. The predicted octanol–water partition coefficient (Wildman–Crippen LogP) is 4.25. The van der Waals surface area contributed by atoms with Crippen molar-refractivity contribution >= 4 is 11.8 Å². The van der Waals surface area contributed by atoms with Gasteiger partial charge in [-0.15, -0.1) is 0 Å². The molecule has 166 valence electrons. The van der Waals surface area contributed by atoms with Crippen LogP contribution in [0.15, 0.2) is 65.2 Å². The third-order valence-corrected chi connectivity index (χ3v) is 6.12. The molecule has 2 amide bonds. The van der Waals surface area contributed by atoms with E-state index >= 15 is 0 Å². The van der Waals surface area contributed by atoms with Gasteiger partial charge in [-0.2, -0.15) is 0 Å². The van der Waals surface area contributed by atoms with Crippen LogP contribution in [0.2, 0.25) is 0 Å². The molecule has 2 heterocycles. The standard InChI is InChI=1S/C26H29N3O3/c1-3-27-25(31)26(14-7-15-29(18-26)24(30)21-8-5-4-6-9-21)17-22-16-23(28-32-22)20-12-10-19(2)11-13-20/h4-6,8-13,16H,3,7,14-15,17-18H2,1-2H3,(H,27,31)/t26-/m1/s1. The maximum Gasteiger partial charge on any atom is 0.253 e. The van der Waals surface area contributed by atoms with E-state index in [1.807, 2.05) is 74.5 Å². The molecular weight excluding hydrogens is 402 g/mol. The van der Waals surface area contributed by atoms with Gasteiger partial charge in [-0.1, -0.05) is 53.2 Å². The fourth-order valence-corrected chi connectivity index (χ4v) is 4.42. The van der Waals surface area contributed by atoms with Gasteiger partial charge in [0.05, 0.1) is 5.41 Å². The number of aromatic nitrogens is 1. The van der Waals surface area contributed by atoms with Crippen LogP contribution < -0.4 is 5.32 Å². The Morgan fingerprint density at radius 1 is 1.12 bits per heavy atom. The minimum Gasteiger partial charge on any atom is -0.361 e. The number of hydrogen-bond donors (Lipinski definition) is 1. The molecule has 0 saturated carbocycles. The van der Waals surface area contributed by atoms with Crippen LogP contribution in [-0.2, 0) is 11.2 Å². The Morgan fingerprint density at radius 2 is 1.88 bits per heavy atom. The highest BCUT2D eigenvalue weighted by atomic mass is 16.5. The molecule has 1 atom stereocenters. The van der Waals surface area contributed by atoms with Crippen LogP contribution >= 0.6 is 0 Å². The lowest BCUT2D eigenvalue weighted by Crippen LogP contribution is -2.54. The lowest BCUT2D eigenvalue weighted by molar-refractivity contribution is -0.133. The summed E-state index contributed by atoms with van der Waals surface area (Å²) in [5.41, 5.74) is 2.79. The number of carbonyl (C=O) groups is 2. The summed E-state index contributed by atoms with van der Waals surface area (Å²) in [7, 11) is 0. The van der Waals surface area contributed by atoms with E-state index in [-0.39, 0.29) is 11.8 Å². The van der Waals surface area contributed by atoms with E-state index < -0.39 is 5.41 Å². The molecular formula is C26H29N3O3. The average Bonchev–Trinajstić information content (AvgIpc) is 3.28. The van der Waals surface area contributed by atoms with Gasteiger partial charge in [-0.25, -0.2) is 0 Å². The van der Waals surface area contributed by atoms with Crippen LogP contribution in [0.1, 0.15) is 41.4 Å². The van der Waals surface area contributed by atoms with Crippen molar-refractivity contribution in [3.8, 4) is 11.3 Å². The number of rotatable bonds is 6. The molecule has 4 rings (SSSR count). The largest absolute Gasteiger partial charge is 0.361 e. The molecule has 0 unspecified atom stereocenters. The Hall–Kier alpha value is -3.41. The van der Waals surface area contributed by atoms with Crippen molar-refractivity contribution < 1.29 is 14.1 Å². The number of likely N-dealkylation sites (tertiary alicyclic amines) is 1. The molecule has 0 bridgehead atoms. The molecule has 1 saturated heterocycles. The Kier molecular flexibility index (Phi) is 6.40. The van der Waals surface area contributed by atoms with Crippen molar-refractivity contribution in [3.63, 3.8) is 0 Å². The van der Waals surface area contributed by atoms with Crippen molar-refractivity contribution in [1.82, 2.24) is 15.4 Å². The highest BCUT2D eigenvalue weighted by molar-refractivity contribution is 5.95. The lowest BCUT2D eigenvalue weighted by atomic mass is 9.75. The first-order chi connectivity index (χ1) is 15.5. The van der Waals surface area contributed by atoms with Crippen molar-refractivity contribution in [1.29, 1.82) is 0 Å². The molecule has 1 aliphatic heterocycles. The van der Waals surface area contributed by atoms with Gasteiger partial charge in [0.2, 0.25) is 5.91 Å². The molecule has 1 fully saturated rings. The summed E-state index contributed by atoms with van der Waals surface area (Å²) in [6.07, 6.45) is 1.85. The molecule has 32 heavy (non-hydrogen) atoms. The lowest BCUT2D eigenvalue weighted by Gasteiger charge is -2.41. The summed E-state index contributed by atoms with van der Waals surface area (Å²) in [4.78, 5) is 28.1. The van der Waals surface area contributed by atoms with Gasteiger partial charge in [-0.05, 0) is 38.8 Å². The third-order valence-electron chi connectivity index (χ3n) is 6.12. The van der Waals surface area contributed by atoms with Crippen molar-refractivity contribution in [2.45, 2.75) is 33.1 Å². The number of amides is 2. The summed E-state index contributed by atoms with van der Waals surface area (Å²) in [6.45, 7) is 5.48. The molecule has 0 aliphatic carbocycles. The molecule has 1 N–H and O–H groups in total. The summed E-state index contributed by atoms with van der Waals surface area (Å²) < 4.78 is 5.65. The minimum atomic E-state index is -0.747. The first kappa shape index (κ1) is 21.8. The second kappa shape index (κ2) is 9.39. The number of piperidine rings is 1. The fraction of sp³-hybridized carbons (Fsp3) is 0.346. The Bertz CT molecular complexity index is 1080. The molecule has 0 spiro atoms. The Morgan fingerprint density at radius 3 is 2.59 bits per heavy atom. The monoisotopic (exact) mass is 431 g/mol. The van der Waals surface area contributed by atoms with Crippen LogP contribution in [0.4, 0.5) is 0 Å². The molecule has 6 nitrogen and oxygen atoms in total. The molecule has 3 aromatic rings. The second-order valence-corrected chi connectivity index (χ2v) is 8.56. The maximum atomic E-state index is 13.2. The van der Waals surface area contributed by atoms with E-state index in [9.17, 15) is 9.59 Å². The zero-order valence-electron chi connectivity index (χ0n) is 18.6. The summed E-state index contributed by atoms with van der Waals surface area (Å²) in [5.74, 6) is 0.566. The van der Waals surface area contributed by atoms with E-state index in [1.54, 1.807) is 4.90 Å². The molecule has 6 heteroatoms. The molecule has 1 aliphatic rings. The average molecular weight is 432 g/mol. The molecule has 0 radical (unpaired) electrons. The van der Waals surface area contributed by atoms with Crippen LogP contribution in [0.5, 0.6) is 0 Å². The van der Waals surface area contributed by atoms with E-state index in [2.05, 4.69) is 10.5 Å². The van der Waals surface area contributed by atoms with Crippen molar-refractivity contribution in [2.75, 3.05) is 19.6 Å². The number of nitrogens with one attached hydrogen (secondary N) is 1. The topological polar surface area (TPSA) is 75.4 Å². The van der Waals surface area contributed by atoms with Gasteiger partial charge in [0.15, 0.2) is 0 Å². The van der Waals surface area contributed by atoms with Gasteiger partial charge >= 0.3 is 0 Å². The molecule has 1 aromatic heterocycles. The Labute approximate surface area is 188 Å². The highest BCUT2D eigenvalue weighted by Gasteiger charge is 2.44. The fourth-order valence-electron chi connectivity index (χ4n) is 4.42. The van der Waals surface area contributed by atoms with Crippen LogP contribution in [-0.4, -0.2) is 41.5 Å². The maximum absolute atomic E-state index is 13.2. The quantitative estimate of drug-likeness (QED) is 0.633. The SMILES string of the molecule is CCNC(=O)[C@@]1(Cc2cc(-c3ccc(C)cc3)no2)CCCN(C(=O)c2ccccc2)C1. The van der Waals surface area contributed by atoms with Crippen LogP contribution in [0.25, 0.3) is 11.3 Å². The van der Waals surface area contributed by atoms with E-state index in [0.29, 0.717) is 43.8 Å². The van der Waals surface area contributed by atoms with E-state index in [0.717, 1.165) is 17.7 Å². The zero-order valence-corrected chi connectivity index (χ0v) is 18.6. The summed E-state index contributed by atoms with van der Waals surface area (Å²) >= 11 is 0. The van der Waals surface area contributed by atoms with Crippen LogP contribution in [0.3, 0.4) is 0 Å². The van der Waals surface area contributed by atoms with Gasteiger partial charge in [-0.3, -0.25) is 9.59 Å². The number of hydrogen-bond acceptors (Lipinski definition) is 4. The number of benzene rings is 2. The third kappa shape index (κ3) is 4.59. The summed E-state index contributed by atoms with van der Waals surface area (Å²) in [5, 5.41) is 7.21. The molecule has 2 aromatic carbocycles. The van der Waals surface area contributed by atoms with Gasteiger partial charge in [0.25, 0.3) is 5.91 Å². The first-order valence-corrected chi connectivity index (χ1v) is 11.2. The number of aryl methyl sites for hydroxylation is 1. The van der Waals surface area contributed by atoms with Crippen LogP contribution in [0, 0.1) is 12.3 Å². The predicted molar refractivity (Wildman–Crippen MR) is 123 cm³/mol. The van der Waals surface area contributed by atoms with E-state index in [1.165, 1.54) is 5.56 Å². The van der Waals surface area contributed by atoms with Gasteiger partial charge in [0.1, 0.15) is 11.5 Å². The normalized spacial score (nSPS) is 18.4. The first-order valence-electron chi connectivity index (χ1n) is 11.2. The number of nitrogens with zero attached hydrogens (tertiary/aromatic N) is 2. The highest BCUT2D eigenvalue weighted by Crippen LogP contribution is 2.36. The van der Waals surface area contributed by atoms with E-state index in [4.69, 9.17) is 4.52 Å². The number of carbonyl (C=O) groups excluding carboxylic acids is 2. The minimum absolute atomic E-state index is 0.0427. The van der Waals surface area contributed by atoms with Gasteiger partial charge in [0, 0.05) is 43.2 Å². The Balaban J connectivity index is 1.59. The van der Waals surface area contributed by atoms with Gasteiger partial charge < -0.3 is 14.7 Å². The van der Waals surface area contributed by atoms with Crippen molar-refractivity contribution in [2.24, 2.45) is 5.41 Å². The zero-order chi connectivity index (χ0) is 22.6. The van der Waals surface area contributed by atoms with Crippen molar-refractivity contribution in [3.05, 3.63) is 77.6 Å².